The van der Waals surface area contributed by atoms with E-state index in [4.69, 9.17) is 14.0 Å². The highest BCUT2D eigenvalue weighted by Crippen LogP contribution is 2.49. The second-order valence-corrected chi connectivity index (χ2v) is 16.5. The van der Waals surface area contributed by atoms with E-state index < -0.39 is 38.4 Å². The smallest absolute Gasteiger partial charge is 0.462 e. The number of carbonyl (C=O) groups is 3. The second-order valence-electron chi connectivity index (χ2n) is 12.1. The summed E-state index contributed by atoms with van der Waals surface area (Å²) in [4.78, 5) is 51.2. The van der Waals surface area contributed by atoms with Crippen molar-refractivity contribution < 1.29 is 42.4 Å². The minimum absolute atomic E-state index is 0.0425. The third kappa shape index (κ3) is 22.6. The fourth-order valence-corrected chi connectivity index (χ4v) is 8.63. The van der Waals surface area contributed by atoms with Gasteiger partial charge in [0.05, 0.1) is 5.56 Å². The van der Waals surface area contributed by atoms with E-state index in [9.17, 15) is 23.8 Å². The molecule has 0 spiro atoms. The maximum atomic E-state index is 12.6. The maximum Gasteiger partial charge on any atom is 0.529 e. The number of phosphoric acid groups is 1. The summed E-state index contributed by atoms with van der Waals surface area (Å²) in [6.45, 7) is 3.36. The average Bonchev–Trinajstić information content (AvgIpc) is 3.55. The molecule has 0 amide bonds. The van der Waals surface area contributed by atoms with Crippen LogP contribution in [0.3, 0.4) is 0 Å². The molecule has 1 aliphatic rings. The first-order valence-electron chi connectivity index (χ1n) is 17.6. The zero-order chi connectivity index (χ0) is 37.0. The van der Waals surface area contributed by atoms with Crippen LogP contribution in [0.2, 0.25) is 0 Å². The normalized spacial score (nSPS) is 18.3. The Kier molecular flexibility index (Phi) is 23.3. The highest BCUT2D eigenvalue weighted by atomic mass is 33.1. The third-order valence-corrected chi connectivity index (χ3v) is 11.7. The number of phosphoric ester groups is 1. The first-order chi connectivity index (χ1) is 24.6. The van der Waals surface area contributed by atoms with E-state index in [1.165, 1.54) is 24.5 Å². The predicted octanol–water partition coefficient (Wildman–Crippen LogP) is 9.84. The van der Waals surface area contributed by atoms with E-state index in [0.717, 1.165) is 57.1 Å². The van der Waals surface area contributed by atoms with Crippen LogP contribution in [-0.4, -0.2) is 57.6 Å². The maximum absolute atomic E-state index is 12.6. The second kappa shape index (κ2) is 26.8. The Bertz CT molecular complexity index is 1360. The van der Waals surface area contributed by atoms with Gasteiger partial charge in [0.15, 0.2) is 6.10 Å². The highest BCUT2D eigenvalue weighted by molar-refractivity contribution is 8.77. The zero-order valence-electron chi connectivity index (χ0n) is 29.9. The number of hydrogen-bond donors (Lipinski definition) is 1. The van der Waals surface area contributed by atoms with Gasteiger partial charge in [0.2, 0.25) is 0 Å². The number of unbranched alkanes of at least 4 members (excludes halogenated alkanes) is 2. The summed E-state index contributed by atoms with van der Waals surface area (Å²) >= 11 is 0. The molecular weight excluding hydrogens is 710 g/mol. The standard InChI is InChI=1S/C38H54NO9PS2/c1-3-4-5-6-7-8-9-10-11-12-13-14-15-16-17-18-19-25-36(41)47-34(31-45-35(40)24-20-21-26-38(2)27-29-50-51-38)32-46-49(43,44)48-37(42)33-23-22-28-39-30-33/h4-5,7-8,10-11,13-14,16-17,22-23,28,30,34H,3,6,9,12,15,18-21,24-27,29,31-32H2,1-2H3,(H,43,44)/b5-4-,8-7-,11-10-,14-13-,17-16-/t34-,38-/m1/s1. The van der Waals surface area contributed by atoms with Crippen LogP contribution in [0.5, 0.6) is 0 Å². The number of hydrogen-bond acceptors (Lipinski definition) is 11. The number of pyridine rings is 1. The van der Waals surface area contributed by atoms with E-state index >= 15 is 0 Å². The summed E-state index contributed by atoms with van der Waals surface area (Å²) in [5.74, 6) is -1.01. The summed E-state index contributed by atoms with van der Waals surface area (Å²) in [7, 11) is -1.11. The van der Waals surface area contributed by atoms with Crippen molar-refractivity contribution in [1.29, 1.82) is 0 Å². The largest absolute Gasteiger partial charge is 0.529 e. The van der Waals surface area contributed by atoms with Crippen molar-refractivity contribution in [3.05, 3.63) is 90.9 Å². The zero-order valence-corrected chi connectivity index (χ0v) is 32.4. The highest BCUT2D eigenvalue weighted by Gasteiger charge is 2.31. The van der Waals surface area contributed by atoms with Crippen LogP contribution in [0.15, 0.2) is 85.3 Å². The molecule has 0 saturated carbocycles. The van der Waals surface area contributed by atoms with Crippen LogP contribution >= 0.6 is 29.4 Å². The quantitative estimate of drug-likeness (QED) is 0.0316. The van der Waals surface area contributed by atoms with Gasteiger partial charge in [0.1, 0.15) is 13.2 Å². The molecule has 2 rings (SSSR count). The lowest BCUT2D eigenvalue weighted by Crippen LogP contribution is -2.29. The summed E-state index contributed by atoms with van der Waals surface area (Å²) < 4.78 is 33.1. The average molecular weight is 764 g/mol. The Morgan fingerprint density at radius 1 is 0.922 bits per heavy atom. The lowest BCUT2D eigenvalue weighted by Gasteiger charge is -2.21. The molecular formula is C38H54NO9PS2. The minimum Gasteiger partial charge on any atom is -0.462 e. The van der Waals surface area contributed by atoms with Crippen molar-refractivity contribution in [2.75, 3.05) is 19.0 Å². The van der Waals surface area contributed by atoms with Crippen LogP contribution in [-0.2, 0) is 32.7 Å². The van der Waals surface area contributed by atoms with E-state index in [2.05, 4.69) is 72.0 Å². The topological polar surface area (TPSA) is 138 Å². The van der Waals surface area contributed by atoms with E-state index in [1.807, 2.05) is 33.7 Å². The molecule has 0 radical (unpaired) electrons. The molecule has 1 aromatic heterocycles. The molecule has 1 aromatic rings. The Labute approximate surface area is 311 Å². The number of carbonyl (C=O) groups excluding carboxylic acids is 3. The van der Waals surface area contributed by atoms with Crippen molar-refractivity contribution >= 4 is 47.3 Å². The van der Waals surface area contributed by atoms with Crippen molar-refractivity contribution in [2.24, 2.45) is 0 Å². The van der Waals surface area contributed by atoms with E-state index in [0.29, 0.717) is 19.3 Å². The number of esters is 2. The van der Waals surface area contributed by atoms with Gasteiger partial charge in [-0.15, -0.1) is 0 Å². The Balaban J connectivity index is 1.74. The molecule has 3 atom stereocenters. The summed E-state index contributed by atoms with van der Waals surface area (Å²) in [6, 6.07) is 2.84. The van der Waals surface area contributed by atoms with Gasteiger partial charge in [0.25, 0.3) is 0 Å². The number of nitrogens with zero attached hydrogens (tertiary/aromatic N) is 1. The predicted molar refractivity (Wildman–Crippen MR) is 206 cm³/mol. The van der Waals surface area contributed by atoms with Gasteiger partial charge in [-0.25, -0.2) is 9.36 Å². The summed E-state index contributed by atoms with van der Waals surface area (Å²) in [5.41, 5.74) is -0.0425. The molecule has 1 aliphatic heterocycles. The van der Waals surface area contributed by atoms with Gasteiger partial charge in [-0.3, -0.25) is 24.0 Å². The minimum atomic E-state index is -4.89. The number of aromatic nitrogens is 1. The summed E-state index contributed by atoms with van der Waals surface area (Å²) in [6.07, 6.45) is 32.4. The van der Waals surface area contributed by atoms with Crippen LogP contribution < -0.4 is 0 Å². The van der Waals surface area contributed by atoms with Gasteiger partial charge in [-0.2, -0.15) is 0 Å². The SMILES string of the molecule is CC/C=C\C/C=C\C/C=C\C/C=C\C/C=C\CCCC(=O)O[C@H](COC(=O)CCCC[C@]1(C)CCSS1)COP(=O)(O)OC(=O)c1cccnc1. The molecule has 1 unspecified atom stereocenters. The molecule has 1 fully saturated rings. The van der Waals surface area contributed by atoms with Gasteiger partial charge in [-0.1, -0.05) is 95.7 Å². The van der Waals surface area contributed by atoms with Crippen LogP contribution in [0, 0.1) is 0 Å². The molecule has 0 aromatic carbocycles. The Morgan fingerprint density at radius 3 is 2.18 bits per heavy atom. The number of ether oxygens (including phenoxy) is 2. The molecule has 10 nitrogen and oxygen atoms in total. The first kappa shape index (κ1) is 44.3. The molecule has 2 heterocycles. The van der Waals surface area contributed by atoms with Crippen LogP contribution in [0.25, 0.3) is 0 Å². The van der Waals surface area contributed by atoms with E-state index in [1.54, 1.807) is 0 Å². The molecule has 51 heavy (non-hydrogen) atoms. The monoisotopic (exact) mass is 763 g/mol. The van der Waals surface area contributed by atoms with Gasteiger partial charge >= 0.3 is 25.7 Å². The fraction of sp³-hybridized carbons (Fsp3) is 0.526. The van der Waals surface area contributed by atoms with Crippen molar-refractivity contribution in [3.63, 3.8) is 0 Å². The molecule has 282 valence electrons. The Morgan fingerprint density at radius 2 is 1.57 bits per heavy atom. The molecule has 0 aliphatic carbocycles. The summed E-state index contributed by atoms with van der Waals surface area (Å²) in [5, 5.41) is 0. The lowest BCUT2D eigenvalue weighted by atomic mass is 9.99. The van der Waals surface area contributed by atoms with Gasteiger partial charge in [0, 0.05) is 35.7 Å². The fourth-order valence-electron chi connectivity index (χ4n) is 4.61. The van der Waals surface area contributed by atoms with E-state index in [-0.39, 0.29) is 29.8 Å². The Hall–Kier alpha value is -2.89. The van der Waals surface area contributed by atoms with Crippen LogP contribution in [0.1, 0.15) is 108 Å². The van der Waals surface area contributed by atoms with Crippen molar-refractivity contribution in [2.45, 2.75) is 108 Å². The molecule has 1 N–H and O–H groups in total. The van der Waals surface area contributed by atoms with Crippen LogP contribution in [0.4, 0.5) is 0 Å². The number of rotatable bonds is 26. The molecule has 1 saturated heterocycles. The van der Waals surface area contributed by atoms with Gasteiger partial charge in [-0.05, 0) is 83.3 Å². The third-order valence-electron chi connectivity index (χ3n) is 7.47. The van der Waals surface area contributed by atoms with Crippen molar-refractivity contribution in [3.8, 4) is 0 Å². The molecule has 0 bridgehead atoms. The van der Waals surface area contributed by atoms with Gasteiger partial charge < -0.3 is 14.0 Å². The molecule has 13 heteroatoms. The first-order valence-corrected chi connectivity index (χ1v) is 21.5. The lowest BCUT2D eigenvalue weighted by molar-refractivity contribution is -0.161. The van der Waals surface area contributed by atoms with Crippen molar-refractivity contribution in [1.82, 2.24) is 4.98 Å². The number of allylic oxidation sites excluding steroid dienone is 10.